The standard InChI is InChI=1S/C48H31NO/c1-2-14-35-29-37(26-25-32(35)11-1)36-16-7-18-39(30-36)49(40-19-8-17-38(31-40)42-22-9-15-33-12-3-5-20-41(33)42)45-23-10-24-46-47(45)44-28-27-34-13-4-6-21-43(34)48(44)50-46/h1-31H/i7D,16D,18D,30D. The molecule has 0 aliphatic carbocycles. The molecule has 2 heteroatoms. The highest BCUT2D eigenvalue weighted by Gasteiger charge is 2.21. The van der Waals surface area contributed by atoms with Crippen LogP contribution in [0.4, 0.5) is 17.1 Å². The van der Waals surface area contributed by atoms with Crippen LogP contribution in [-0.4, -0.2) is 0 Å². The Morgan fingerprint density at radius 2 is 1.18 bits per heavy atom. The van der Waals surface area contributed by atoms with Crippen LogP contribution in [0, 0.1) is 0 Å². The van der Waals surface area contributed by atoms with E-state index in [0.717, 1.165) is 59.8 Å². The topological polar surface area (TPSA) is 16.4 Å². The zero-order chi connectivity index (χ0) is 36.5. The molecule has 1 heterocycles. The van der Waals surface area contributed by atoms with Gasteiger partial charge in [0.25, 0.3) is 0 Å². The molecule has 0 fully saturated rings. The summed E-state index contributed by atoms with van der Waals surface area (Å²) in [5.41, 5.74) is 6.07. The minimum absolute atomic E-state index is 0.00194. The summed E-state index contributed by atoms with van der Waals surface area (Å²) in [7, 11) is 0. The second kappa shape index (κ2) is 11.5. The maximum atomic E-state index is 9.88. The lowest BCUT2D eigenvalue weighted by atomic mass is 9.97. The summed E-state index contributed by atoms with van der Waals surface area (Å²) in [4.78, 5) is 1.92. The summed E-state index contributed by atoms with van der Waals surface area (Å²) in [6.45, 7) is 0. The van der Waals surface area contributed by atoms with Crippen LogP contribution in [0.15, 0.2) is 192 Å². The molecule has 0 saturated carbocycles. The maximum Gasteiger partial charge on any atom is 0.143 e. The summed E-state index contributed by atoms with van der Waals surface area (Å²) >= 11 is 0. The van der Waals surface area contributed by atoms with Gasteiger partial charge >= 0.3 is 0 Å². The van der Waals surface area contributed by atoms with Crippen LogP contribution >= 0.6 is 0 Å². The predicted octanol–water partition coefficient (Wildman–Crippen LogP) is 13.8. The van der Waals surface area contributed by atoms with Gasteiger partial charge in [-0.3, -0.25) is 0 Å². The second-order valence-corrected chi connectivity index (χ2v) is 12.6. The van der Waals surface area contributed by atoms with Crippen LogP contribution in [-0.2, 0) is 0 Å². The predicted molar refractivity (Wildman–Crippen MR) is 212 cm³/mol. The van der Waals surface area contributed by atoms with Crippen molar-refractivity contribution in [2.75, 3.05) is 4.90 Å². The number of anilines is 3. The molecule has 0 unspecified atom stereocenters. The fraction of sp³-hybridized carbons (Fsp3) is 0. The van der Waals surface area contributed by atoms with Crippen LogP contribution in [0.3, 0.4) is 0 Å². The third-order valence-corrected chi connectivity index (χ3v) is 9.68. The Labute approximate surface area is 295 Å². The van der Waals surface area contributed by atoms with Crippen LogP contribution in [0.5, 0.6) is 0 Å². The van der Waals surface area contributed by atoms with E-state index in [2.05, 4.69) is 66.7 Å². The minimum atomic E-state index is -0.241. The number of hydrogen-bond donors (Lipinski definition) is 0. The van der Waals surface area contributed by atoms with Crippen molar-refractivity contribution >= 4 is 71.3 Å². The van der Waals surface area contributed by atoms with Crippen molar-refractivity contribution in [3.8, 4) is 22.3 Å². The van der Waals surface area contributed by atoms with Gasteiger partial charge in [-0.1, -0.05) is 139 Å². The third kappa shape index (κ3) is 4.65. The first-order valence-corrected chi connectivity index (χ1v) is 16.8. The van der Waals surface area contributed by atoms with Crippen molar-refractivity contribution in [1.29, 1.82) is 0 Å². The van der Waals surface area contributed by atoms with Gasteiger partial charge in [-0.2, -0.15) is 0 Å². The van der Waals surface area contributed by atoms with Crippen molar-refractivity contribution < 1.29 is 9.90 Å². The van der Waals surface area contributed by atoms with Gasteiger partial charge in [-0.15, -0.1) is 0 Å². The van der Waals surface area contributed by atoms with E-state index in [1.807, 2.05) is 102 Å². The molecule has 0 aliphatic heterocycles. The van der Waals surface area contributed by atoms with E-state index >= 15 is 0 Å². The van der Waals surface area contributed by atoms with Crippen molar-refractivity contribution in [3.05, 3.63) is 188 Å². The molecule has 0 bridgehead atoms. The van der Waals surface area contributed by atoms with E-state index in [0.29, 0.717) is 28.1 Å². The molecular weight excluding hydrogens is 607 g/mol. The summed E-state index contributed by atoms with van der Waals surface area (Å²) < 4.78 is 44.3. The number of nitrogens with zero attached hydrogens (tertiary/aromatic N) is 1. The number of fused-ring (bicyclic) bond motifs is 7. The maximum absolute atomic E-state index is 9.88. The second-order valence-electron chi connectivity index (χ2n) is 12.6. The Morgan fingerprint density at radius 1 is 0.460 bits per heavy atom. The number of furan rings is 1. The molecule has 10 rings (SSSR count). The molecule has 0 atom stereocenters. The number of hydrogen-bond acceptors (Lipinski definition) is 2. The summed E-state index contributed by atoms with van der Waals surface area (Å²) in [6, 6.07) is 54.2. The van der Waals surface area contributed by atoms with Gasteiger partial charge in [-0.05, 0) is 97.7 Å². The van der Waals surface area contributed by atoms with Crippen molar-refractivity contribution in [2.24, 2.45) is 0 Å². The summed E-state index contributed by atoms with van der Waals surface area (Å²) in [6.07, 6.45) is 0. The van der Waals surface area contributed by atoms with Gasteiger partial charge in [-0.25, -0.2) is 0 Å². The molecule has 0 radical (unpaired) electrons. The first kappa shape index (κ1) is 24.5. The Bertz CT molecular complexity index is 3120. The first-order valence-electron chi connectivity index (χ1n) is 18.8. The lowest BCUT2D eigenvalue weighted by Gasteiger charge is -2.27. The van der Waals surface area contributed by atoms with Crippen molar-refractivity contribution in [3.63, 3.8) is 0 Å². The average Bonchev–Trinajstić information content (AvgIpc) is 3.61. The average molecular weight is 642 g/mol. The first-order chi connectivity index (χ1) is 26.5. The Hall–Kier alpha value is -6.64. The van der Waals surface area contributed by atoms with Crippen LogP contribution < -0.4 is 4.90 Å². The summed E-state index contributed by atoms with van der Waals surface area (Å²) in [5, 5.41) is 8.06. The molecule has 234 valence electrons. The van der Waals surface area contributed by atoms with E-state index in [-0.39, 0.29) is 29.9 Å². The molecule has 0 amide bonds. The molecule has 0 N–H and O–H groups in total. The zero-order valence-electron chi connectivity index (χ0n) is 30.9. The van der Waals surface area contributed by atoms with Gasteiger partial charge < -0.3 is 9.32 Å². The molecule has 9 aromatic carbocycles. The van der Waals surface area contributed by atoms with Gasteiger partial charge in [0.15, 0.2) is 0 Å². The van der Waals surface area contributed by atoms with Crippen molar-refractivity contribution in [2.45, 2.75) is 0 Å². The largest absolute Gasteiger partial charge is 0.455 e. The Balaban J connectivity index is 1.29. The smallest absolute Gasteiger partial charge is 0.143 e. The van der Waals surface area contributed by atoms with E-state index in [9.17, 15) is 4.11 Å². The quantitative estimate of drug-likeness (QED) is 0.186. The molecule has 0 aliphatic rings. The lowest BCUT2D eigenvalue weighted by molar-refractivity contribution is 0.672. The minimum Gasteiger partial charge on any atom is -0.455 e. The third-order valence-electron chi connectivity index (χ3n) is 9.68. The van der Waals surface area contributed by atoms with Crippen LogP contribution in [0.1, 0.15) is 5.48 Å². The van der Waals surface area contributed by atoms with Crippen LogP contribution in [0.2, 0.25) is 0 Å². The molecule has 1 aromatic heterocycles. The summed E-state index contributed by atoms with van der Waals surface area (Å²) in [5.74, 6) is 0. The Kier molecular flexibility index (Phi) is 5.64. The zero-order valence-corrected chi connectivity index (χ0v) is 26.9. The molecule has 50 heavy (non-hydrogen) atoms. The number of rotatable bonds is 5. The monoisotopic (exact) mass is 641 g/mol. The van der Waals surface area contributed by atoms with Crippen molar-refractivity contribution in [1.82, 2.24) is 0 Å². The van der Waals surface area contributed by atoms with Gasteiger partial charge in [0.2, 0.25) is 0 Å². The van der Waals surface area contributed by atoms with E-state index in [4.69, 9.17) is 5.79 Å². The Morgan fingerprint density at radius 3 is 2.08 bits per heavy atom. The van der Waals surface area contributed by atoms with Gasteiger partial charge in [0, 0.05) is 22.1 Å². The van der Waals surface area contributed by atoms with Gasteiger partial charge in [0.05, 0.1) is 16.6 Å². The highest BCUT2D eigenvalue weighted by Crippen LogP contribution is 2.45. The fourth-order valence-electron chi connectivity index (χ4n) is 7.33. The molecule has 2 nitrogen and oxygen atoms in total. The lowest BCUT2D eigenvalue weighted by Crippen LogP contribution is -2.10. The van der Waals surface area contributed by atoms with E-state index < -0.39 is 0 Å². The number of benzene rings is 9. The molecular formula is C48H31NO. The highest BCUT2D eigenvalue weighted by molar-refractivity contribution is 6.19. The van der Waals surface area contributed by atoms with Gasteiger partial charge in [0.1, 0.15) is 11.2 Å². The SMILES string of the molecule is [2H]c1c([2H])c(-c2ccc3ccccc3c2)c([2H])c(N(c2cccc(-c3cccc4ccccc34)c2)c2cccc3oc4c5ccccc5ccc4c23)c1[2H]. The van der Waals surface area contributed by atoms with E-state index in [1.165, 1.54) is 0 Å². The normalized spacial score (nSPS) is 12.7. The molecule has 10 aromatic rings. The fourth-order valence-corrected chi connectivity index (χ4v) is 7.33. The molecule has 0 saturated heterocycles. The highest BCUT2D eigenvalue weighted by atomic mass is 16.3. The van der Waals surface area contributed by atoms with E-state index in [1.54, 1.807) is 0 Å². The van der Waals surface area contributed by atoms with Crippen LogP contribution in [0.25, 0.3) is 76.5 Å². The molecule has 0 spiro atoms.